The Morgan fingerprint density at radius 2 is 1.52 bits per heavy atom. The molecule has 1 unspecified atom stereocenters. The van der Waals surface area contributed by atoms with Crippen molar-refractivity contribution < 1.29 is 18.0 Å². The van der Waals surface area contributed by atoms with E-state index in [2.05, 4.69) is 12.2 Å². The van der Waals surface area contributed by atoms with Crippen LogP contribution in [0, 0.1) is 0 Å². The van der Waals surface area contributed by atoms with Gasteiger partial charge in [-0.25, -0.2) is 8.42 Å². The number of anilines is 1. The fraction of sp³-hybridized carbons (Fsp3) is 0.462. The average Bonchev–Trinajstić information content (AvgIpc) is 2.81. The molecule has 7 heteroatoms. The summed E-state index contributed by atoms with van der Waals surface area (Å²) in [5, 5.41) is 2.70. The Balaban J connectivity index is 1.54. The number of sulfonamides is 1. The summed E-state index contributed by atoms with van der Waals surface area (Å²) in [4.78, 5) is 25.7. The fourth-order valence-electron chi connectivity index (χ4n) is 4.21. The zero-order valence-electron chi connectivity index (χ0n) is 19.5. The topological polar surface area (TPSA) is 83.5 Å². The number of Topliss-reactive ketones (excluding diaryl/α,β-unsaturated/α-hetero) is 1. The van der Waals surface area contributed by atoms with Crippen molar-refractivity contribution in [3.05, 3.63) is 59.7 Å². The van der Waals surface area contributed by atoms with Crippen LogP contribution in [0.25, 0.3) is 0 Å². The molecule has 2 aromatic rings. The van der Waals surface area contributed by atoms with Crippen LogP contribution in [0.3, 0.4) is 0 Å². The van der Waals surface area contributed by atoms with Gasteiger partial charge in [0.25, 0.3) is 5.91 Å². The summed E-state index contributed by atoms with van der Waals surface area (Å²) < 4.78 is 26.4. The minimum Gasteiger partial charge on any atom is -0.324 e. The molecule has 178 valence electrons. The van der Waals surface area contributed by atoms with E-state index in [9.17, 15) is 18.0 Å². The Morgan fingerprint density at radius 3 is 2.18 bits per heavy atom. The van der Waals surface area contributed by atoms with Crippen LogP contribution in [0.1, 0.15) is 74.2 Å². The van der Waals surface area contributed by atoms with Gasteiger partial charge in [-0.1, -0.05) is 76.1 Å². The molecular weight excluding hydrogens is 436 g/mol. The molecule has 2 aromatic carbocycles. The van der Waals surface area contributed by atoms with Gasteiger partial charge in [-0.2, -0.15) is 4.31 Å². The first-order chi connectivity index (χ1) is 15.9. The highest BCUT2D eigenvalue weighted by Crippen LogP contribution is 2.29. The molecule has 0 saturated carbocycles. The molecule has 1 aliphatic heterocycles. The van der Waals surface area contributed by atoms with Crippen molar-refractivity contribution >= 4 is 27.4 Å². The third-order valence-corrected chi connectivity index (χ3v) is 8.09. The second-order valence-electron chi connectivity index (χ2n) is 8.70. The second-order valence-corrected chi connectivity index (χ2v) is 10.7. The van der Waals surface area contributed by atoms with Gasteiger partial charge in [-0.05, 0) is 42.7 Å². The molecule has 0 aliphatic carbocycles. The number of amides is 1. The first-order valence-electron chi connectivity index (χ1n) is 11.9. The average molecular weight is 471 g/mol. The summed E-state index contributed by atoms with van der Waals surface area (Å²) in [5.41, 5.74) is 1.79. The minimum atomic E-state index is -3.92. The molecule has 1 amide bonds. The van der Waals surface area contributed by atoms with Crippen LogP contribution < -0.4 is 5.32 Å². The van der Waals surface area contributed by atoms with E-state index in [4.69, 9.17) is 0 Å². The van der Waals surface area contributed by atoms with Gasteiger partial charge < -0.3 is 5.32 Å². The number of carbonyl (C=O) groups excluding carboxylic acids is 2. The lowest BCUT2D eigenvalue weighted by atomic mass is 10.0. The number of ketones is 1. The van der Waals surface area contributed by atoms with Crippen LogP contribution in [0.5, 0.6) is 0 Å². The first kappa shape index (κ1) is 25.1. The number of rotatable bonds is 11. The van der Waals surface area contributed by atoms with Gasteiger partial charge in [0.15, 0.2) is 11.8 Å². The number of likely N-dealkylation sites (N-methyl/N-ethyl adjacent to an activating group) is 1. The number of hydrogen-bond donors (Lipinski definition) is 1. The molecular formula is C26H34N2O4S. The van der Waals surface area contributed by atoms with E-state index in [0.717, 1.165) is 17.1 Å². The first-order valence-corrected chi connectivity index (χ1v) is 13.3. The number of unbranched alkanes of at least 4 members (excludes halogenated alkanes) is 7. The van der Waals surface area contributed by atoms with Crippen molar-refractivity contribution in [2.24, 2.45) is 0 Å². The fourth-order valence-corrected chi connectivity index (χ4v) is 5.69. The van der Waals surface area contributed by atoms with Crippen LogP contribution in [-0.2, 0) is 21.2 Å². The highest BCUT2D eigenvalue weighted by atomic mass is 32.2. The lowest BCUT2D eigenvalue weighted by Crippen LogP contribution is -2.53. The van der Waals surface area contributed by atoms with Crippen LogP contribution in [-0.4, -0.2) is 37.5 Å². The van der Waals surface area contributed by atoms with Crippen molar-refractivity contribution in [2.75, 3.05) is 12.4 Å². The van der Waals surface area contributed by atoms with E-state index in [1.165, 1.54) is 69.7 Å². The molecule has 6 nitrogen and oxygen atoms in total. The number of hydrogen-bond acceptors (Lipinski definition) is 4. The minimum absolute atomic E-state index is 0.0523. The van der Waals surface area contributed by atoms with Crippen LogP contribution >= 0.6 is 0 Å². The Labute approximate surface area is 197 Å². The third kappa shape index (κ3) is 6.09. The van der Waals surface area contributed by atoms with Gasteiger partial charge in [0, 0.05) is 18.3 Å². The molecule has 0 aromatic heterocycles. The second kappa shape index (κ2) is 11.6. The van der Waals surface area contributed by atoms with Gasteiger partial charge in [-0.3, -0.25) is 9.59 Å². The zero-order valence-corrected chi connectivity index (χ0v) is 20.4. The van der Waals surface area contributed by atoms with Crippen LogP contribution in [0.2, 0.25) is 0 Å². The maximum atomic E-state index is 12.9. The summed E-state index contributed by atoms with van der Waals surface area (Å²) in [6.07, 6.45) is 11.2. The van der Waals surface area contributed by atoms with E-state index >= 15 is 0 Å². The molecule has 1 heterocycles. The number of carbonyl (C=O) groups is 2. The predicted octanol–water partition coefficient (Wildman–Crippen LogP) is 5.19. The summed E-state index contributed by atoms with van der Waals surface area (Å²) >= 11 is 0. The number of aryl methyl sites for hydroxylation is 1. The van der Waals surface area contributed by atoms with Crippen LogP contribution in [0.4, 0.5) is 5.69 Å². The van der Waals surface area contributed by atoms with Gasteiger partial charge in [0.05, 0.1) is 4.90 Å². The van der Waals surface area contributed by atoms with E-state index < -0.39 is 27.8 Å². The van der Waals surface area contributed by atoms with Crippen LogP contribution in [0.15, 0.2) is 53.4 Å². The monoisotopic (exact) mass is 470 g/mol. The van der Waals surface area contributed by atoms with Crippen molar-refractivity contribution in [2.45, 2.75) is 75.6 Å². The molecule has 0 bridgehead atoms. The summed E-state index contributed by atoms with van der Waals surface area (Å²) in [7, 11) is -2.65. The predicted molar refractivity (Wildman–Crippen MR) is 131 cm³/mol. The summed E-state index contributed by atoms with van der Waals surface area (Å²) in [6.45, 7) is 2.23. The standard InChI is InChI=1S/C26H34N2O4S/c1-3-4-5-6-7-8-9-10-13-20-16-18-21(19-17-20)27-26(30)24-25(29)22-14-11-12-15-23(22)33(31,32)28(24)2/h11-12,14-19,24H,3-10,13H2,1-2H3,(H,27,30). The van der Waals surface area contributed by atoms with Crippen molar-refractivity contribution in [1.82, 2.24) is 4.31 Å². The Morgan fingerprint density at radius 1 is 0.909 bits per heavy atom. The van der Waals surface area contributed by atoms with E-state index in [0.29, 0.717) is 5.69 Å². The molecule has 1 atom stereocenters. The zero-order chi connectivity index (χ0) is 23.8. The van der Waals surface area contributed by atoms with Crippen molar-refractivity contribution in [1.29, 1.82) is 0 Å². The lowest BCUT2D eigenvalue weighted by molar-refractivity contribution is -0.118. The molecule has 3 rings (SSSR count). The molecule has 0 saturated heterocycles. The molecule has 0 radical (unpaired) electrons. The van der Waals surface area contributed by atoms with E-state index in [1.807, 2.05) is 12.1 Å². The van der Waals surface area contributed by atoms with Gasteiger partial charge in [-0.15, -0.1) is 0 Å². The van der Waals surface area contributed by atoms with Gasteiger partial charge in [0.1, 0.15) is 0 Å². The normalized spacial score (nSPS) is 17.5. The largest absolute Gasteiger partial charge is 0.324 e. The Bertz CT molecular complexity index is 1060. The van der Waals surface area contributed by atoms with Crippen molar-refractivity contribution in [3.63, 3.8) is 0 Å². The molecule has 1 aliphatic rings. The number of benzene rings is 2. The Hall–Kier alpha value is -2.51. The maximum absolute atomic E-state index is 12.9. The van der Waals surface area contributed by atoms with Gasteiger partial charge in [0.2, 0.25) is 10.0 Å². The number of nitrogens with zero attached hydrogens (tertiary/aromatic N) is 1. The Kier molecular flexibility index (Phi) is 8.80. The third-order valence-electron chi connectivity index (χ3n) is 6.21. The summed E-state index contributed by atoms with van der Waals surface area (Å²) in [6, 6.07) is 12.1. The highest BCUT2D eigenvalue weighted by molar-refractivity contribution is 7.89. The highest BCUT2D eigenvalue weighted by Gasteiger charge is 2.45. The molecule has 1 N–H and O–H groups in total. The quantitative estimate of drug-likeness (QED) is 0.362. The van der Waals surface area contributed by atoms with Gasteiger partial charge >= 0.3 is 0 Å². The maximum Gasteiger partial charge on any atom is 0.250 e. The smallest absolute Gasteiger partial charge is 0.250 e. The summed E-state index contributed by atoms with van der Waals surface area (Å²) in [5.74, 6) is -1.18. The number of nitrogens with one attached hydrogen (secondary N) is 1. The molecule has 0 spiro atoms. The molecule has 0 fully saturated rings. The van der Waals surface area contributed by atoms with Crippen molar-refractivity contribution in [3.8, 4) is 0 Å². The number of fused-ring (bicyclic) bond motifs is 1. The lowest BCUT2D eigenvalue weighted by Gasteiger charge is -2.30. The SMILES string of the molecule is CCCCCCCCCCc1ccc(NC(=O)C2C(=O)c3ccccc3S(=O)(=O)N2C)cc1. The van der Waals surface area contributed by atoms with E-state index in [1.54, 1.807) is 24.3 Å². The van der Waals surface area contributed by atoms with E-state index in [-0.39, 0.29) is 10.5 Å². The molecule has 33 heavy (non-hydrogen) atoms.